The lowest BCUT2D eigenvalue weighted by Crippen LogP contribution is -2.32. The van der Waals surface area contributed by atoms with Crippen LogP contribution >= 0.6 is 0 Å². The second kappa shape index (κ2) is 10.7. The molecule has 3 heterocycles. The summed E-state index contributed by atoms with van der Waals surface area (Å²) in [6, 6.07) is 15.4. The highest BCUT2D eigenvalue weighted by Crippen LogP contribution is 2.30. The van der Waals surface area contributed by atoms with Gasteiger partial charge in [-0.1, -0.05) is 12.7 Å². The number of likely N-dealkylation sites (N-methyl/N-ethyl adjacent to an activating group) is 1. The van der Waals surface area contributed by atoms with Crippen molar-refractivity contribution in [3.8, 4) is 11.5 Å². The first-order valence-electron chi connectivity index (χ1n) is 12.5. The number of benzene rings is 2. The molecule has 0 saturated carbocycles. The summed E-state index contributed by atoms with van der Waals surface area (Å²) in [5.74, 6) is 1.93. The molecule has 0 spiro atoms. The fraction of sp³-hybridized carbons (Fsp3) is 0.167. The predicted molar refractivity (Wildman–Crippen MR) is 154 cm³/mol. The summed E-state index contributed by atoms with van der Waals surface area (Å²) < 4.78 is 8.12. The molecule has 0 aliphatic carbocycles. The van der Waals surface area contributed by atoms with Crippen LogP contribution in [-0.2, 0) is 11.8 Å². The van der Waals surface area contributed by atoms with Crippen LogP contribution in [-0.4, -0.2) is 48.4 Å². The molecule has 39 heavy (non-hydrogen) atoms. The van der Waals surface area contributed by atoms with Gasteiger partial charge in [0.1, 0.15) is 23.3 Å². The molecule has 2 aromatic carbocycles. The van der Waals surface area contributed by atoms with Crippen molar-refractivity contribution in [2.75, 3.05) is 12.4 Å². The third-order valence-electron chi connectivity index (χ3n) is 6.54. The minimum atomic E-state index is -0.139. The molecule has 0 bridgehead atoms. The van der Waals surface area contributed by atoms with E-state index in [1.165, 1.54) is 12.4 Å². The first-order valence-corrected chi connectivity index (χ1v) is 12.5. The van der Waals surface area contributed by atoms with Gasteiger partial charge in [-0.05, 0) is 74.0 Å². The number of anilines is 2. The highest BCUT2D eigenvalue weighted by atomic mass is 16.5. The Bertz CT molecular complexity index is 1720. The molecule has 3 aromatic heterocycles. The molecule has 1 N–H and O–H groups in total. The lowest BCUT2D eigenvalue weighted by molar-refractivity contribution is -0.125. The van der Waals surface area contributed by atoms with Crippen molar-refractivity contribution in [1.82, 2.24) is 29.4 Å². The molecule has 5 aromatic rings. The zero-order chi connectivity index (χ0) is 27.5. The van der Waals surface area contributed by atoms with Crippen molar-refractivity contribution in [3.63, 3.8) is 0 Å². The highest BCUT2D eigenvalue weighted by molar-refractivity contribution is 5.88. The van der Waals surface area contributed by atoms with Crippen LogP contribution < -0.4 is 10.1 Å². The zero-order valence-corrected chi connectivity index (χ0v) is 22.3. The summed E-state index contributed by atoms with van der Waals surface area (Å²) >= 11 is 0. The average Bonchev–Trinajstić information content (AvgIpc) is 3.32. The van der Waals surface area contributed by atoms with Crippen molar-refractivity contribution >= 4 is 45.6 Å². The van der Waals surface area contributed by atoms with Crippen molar-refractivity contribution in [3.05, 3.63) is 91.2 Å². The third-order valence-corrected chi connectivity index (χ3v) is 6.54. The van der Waals surface area contributed by atoms with E-state index in [-0.39, 0.29) is 11.9 Å². The van der Waals surface area contributed by atoms with Crippen LogP contribution in [0.3, 0.4) is 0 Å². The van der Waals surface area contributed by atoms with Gasteiger partial charge in [-0.25, -0.2) is 19.9 Å². The number of carbonyl (C=O) groups excluding carboxylic acids is 1. The molecule has 0 fully saturated rings. The molecule has 196 valence electrons. The summed E-state index contributed by atoms with van der Waals surface area (Å²) in [6.45, 7) is 7.47. The van der Waals surface area contributed by atoms with E-state index in [9.17, 15) is 4.79 Å². The van der Waals surface area contributed by atoms with E-state index >= 15 is 0 Å². The van der Waals surface area contributed by atoms with Gasteiger partial charge in [0.15, 0.2) is 5.82 Å². The van der Waals surface area contributed by atoms with Crippen molar-refractivity contribution in [2.45, 2.75) is 19.9 Å². The maximum atomic E-state index is 11.9. The maximum Gasteiger partial charge on any atom is 0.246 e. The minimum Gasteiger partial charge on any atom is -0.457 e. The number of rotatable bonds is 8. The monoisotopic (exact) mass is 519 g/mol. The molecule has 0 saturated heterocycles. The highest BCUT2D eigenvalue weighted by Gasteiger charge is 2.11. The maximum absolute atomic E-state index is 11.9. The molecule has 0 radical (unpaired) electrons. The standard InChI is InChI=1S/C30H29N7O2/c1-6-28(38)37(5)20(3)7-8-21-9-12-24-29(34-21)30(32-17-31-24)35-22-10-14-27(19(2)15-22)39-23-11-13-26-25(16-23)33-18-36(26)4/h6-18,20H,1H2,2-5H3,(H,31,32,35)/b8-7+/t20-/m1/s1. The Hall–Kier alpha value is -5.05. The second-order valence-corrected chi connectivity index (χ2v) is 9.29. The van der Waals surface area contributed by atoms with Gasteiger partial charge in [0.05, 0.1) is 28.6 Å². The van der Waals surface area contributed by atoms with Crippen LogP contribution in [0.15, 0.2) is 79.9 Å². The molecule has 9 heteroatoms. The second-order valence-electron chi connectivity index (χ2n) is 9.29. The lowest BCUT2D eigenvalue weighted by atomic mass is 10.2. The Morgan fingerprint density at radius 3 is 2.74 bits per heavy atom. The number of aryl methyl sites for hydroxylation is 2. The van der Waals surface area contributed by atoms with Gasteiger partial charge >= 0.3 is 0 Å². The summed E-state index contributed by atoms with van der Waals surface area (Å²) in [4.78, 5) is 31.4. The van der Waals surface area contributed by atoms with Crippen LogP contribution in [0.2, 0.25) is 0 Å². The molecule has 1 amide bonds. The number of hydrogen-bond donors (Lipinski definition) is 1. The number of ether oxygens (including phenoxy) is 1. The van der Waals surface area contributed by atoms with Gasteiger partial charge in [-0.3, -0.25) is 4.79 Å². The Morgan fingerprint density at radius 1 is 1.10 bits per heavy atom. The number of imidazole rings is 1. The first-order chi connectivity index (χ1) is 18.8. The average molecular weight is 520 g/mol. The fourth-order valence-corrected chi connectivity index (χ4v) is 4.14. The van der Waals surface area contributed by atoms with E-state index in [2.05, 4.69) is 26.8 Å². The van der Waals surface area contributed by atoms with Gasteiger partial charge in [-0.15, -0.1) is 0 Å². The van der Waals surface area contributed by atoms with Crippen LogP contribution in [0.1, 0.15) is 18.2 Å². The van der Waals surface area contributed by atoms with E-state index in [0.29, 0.717) is 11.3 Å². The molecule has 0 aliphatic heterocycles. The van der Waals surface area contributed by atoms with Crippen LogP contribution in [0.5, 0.6) is 11.5 Å². The van der Waals surface area contributed by atoms with Gasteiger partial charge in [0.25, 0.3) is 0 Å². The Morgan fingerprint density at radius 2 is 1.95 bits per heavy atom. The molecule has 5 rings (SSSR count). The fourth-order valence-electron chi connectivity index (χ4n) is 4.14. The van der Waals surface area contributed by atoms with Gasteiger partial charge in [0.2, 0.25) is 5.91 Å². The molecular formula is C30H29N7O2. The SMILES string of the molecule is C=CC(=O)N(C)[C@H](C)/C=C/c1ccc2ncnc(Nc3ccc(Oc4ccc5c(c4)ncn5C)c(C)c3)c2n1. The van der Waals surface area contributed by atoms with Crippen molar-refractivity contribution < 1.29 is 9.53 Å². The number of amides is 1. The van der Waals surface area contributed by atoms with Crippen LogP contribution in [0.25, 0.3) is 28.1 Å². The number of nitrogens with one attached hydrogen (secondary N) is 1. The topological polar surface area (TPSA) is 98.1 Å². The van der Waals surface area contributed by atoms with Gasteiger partial charge < -0.3 is 19.5 Å². The Kier molecular flexibility index (Phi) is 7.05. The van der Waals surface area contributed by atoms with Crippen molar-refractivity contribution in [1.29, 1.82) is 0 Å². The number of aromatic nitrogens is 5. The number of nitrogens with zero attached hydrogens (tertiary/aromatic N) is 6. The van der Waals surface area contributed by atoms with Gasteiger partial charge in [-0.2, -0.15) is 0 Å². The molecular weight excluding hydrogens is 490 g/mol. The third kappa shape index (κ3) is 5.47. The van der Waals surface area contributed by atoms with Crippen LogP contribution in [0.4, 0.5) is 11.5 Å². The van der Waals surface area contributed by atoms with E-state index < -0.39 is 0 Å². The number of fused-ring (bicyclic) bond motifs is 2. The Balaban J connectivity index is 1.35. The normalized spacial score (nSPS) is 12.1. The first kappa shape index (κ1) is 25.6. The van der Waals surface area contributed by atoms with E-state index in [1.807, 2.05) is 86.1 Å². The quantitative estimate of drug-likeness (QED) is 0.259. The summed E-state index contributed by atoms with van der Waals surface area (Å²) in [7, 11) is 3.70. The van der Waals surface area contributed by atoms with E-state index in [1.54, 1.807) is 18.3 Å². The Labute approximate surface area is 226 Å². The smallest absolute Gasteiger partial charge is 0.246 e. The largest absolute Gasteiger partial charge is 0.457 e. The number of hydrogen-bond acceptors (Lipinski definition) is 7. The summed E-state index contributed by atoms with van der Waals surface area (Å²) in [6.07, 6.45) is 8.40. The number of pyridine rings is 1. The van der Waals surface area contributed by atoms with E-state index in [4.69, 9.17) is 9.72 Å². The molecule has 0 aliphatic rings. The summed E-state index contributed by atoms with van der Waals surface area (Å²) in [5, 5.41) is 3.37. The predicted octanol–water partition coefficient (Wildman–Crippen LogP) is 5.80. The molecule has 9 nitrogen and oxygen atoms in total. The van der Waals surface area contributed by atoms with Crippen molar-refractivity contribution in [2.24, 2.45) is 7.05 Å². The van der Waals surface area contributed by atoms with E-state index in [0.717, 1.165) is 45.0 Å². The summed E-state index contributed by atoms with van der Waals surface area (Å²) in [5.41, 5.74) is 5.84. The van der Waals surface area contributed by atoms with Crippen LogP contribution in [0, 0.1) is 6.92 Å². The minimum absolute atomic E-state index is 0.118. The number of carbonyl (C=O) groups is 1. The van der Waals surface area contributed by atoms with Gasteiger partial charge in [0, 0.05) is 31.9 Å². The molecule has 1 atom stereocenters. The zero-order valence-electron chi connectivity index (χ0n) is 22.3. The lowest BCUT2D eigenvalue weighted by Gasteiger charge is -2.20. The molecule has 0 unspecified atom stereocenters.